The Bertz CT molecular complexity index is 707. The molecule has 8 heteroatoms. The molecule has 0 radical (unpaired) electrons. The minimum absolute atomic E-state index is 0.0646. The van der Waals surface area contributed by atoms with Crippen molar-refractivity contribution >= 4 is 11.8 Å². The van der Waals surface area contributed by atoms with Crippen LogP contribution in [-0.4, -0.2) is 37.7 Å². The van der Waals surface area contributed by atoms with Gasteiger partial charge in [0.2, 0.25) is 5.91 Å². The molecule has 150 valence electrons. The van der Waals surface area contributed by atoms with Gasteiger partial charge in [-0.15, -0.1) is 0 Å². The Morgan fingerprint density at radius 3 is 2.33 bits per heavy atom. The smallest absolute Gasteiger partial charge is 0.422 e. The van der Waals surface area contributed by atoms with E-state index in [1.54, 1.807) is 32.9 Å². The number of rotatable bonds is 6. The van der Waals surface area contributed by atoms with E-state index in [4.69, 9.17) is 4.74 Å². The largest absolute Gasteiger partial charge is 0.484 e. The highest BCUT2D eigenvalue weighted by atomic mass is 19.4. The molecule has 1 atom stereocenters. The monoisotopic (exact) mass is 386 g/mol. The van der Waals surface area contributed by atoms with E-state index in [9.17, 15) is 22.8 Å². The fraction of sp³-hybridized carbons (Fsp3) is 0.579. The zero-order chi connectivity index (χ0) is 20.4. The number of hydrogen-bond acceptors (Lipinski definition) is 3. The summed E-state index contributed by atoms with van der Waals surface area (Å²) in [5.74, 6) is -0.662. The van der Waals surface area contributed by atoms with Gasteiger partial charge in [-0.2, -0.15) is 13.2 Å². The number of carbonyl (C=O) groups is 2. The first-order valence-electron chi connectivity index (χ1n) is 8.78. The molecule has 5 nitrogen and oxygen atoms in total. The summed E-state index contributed by atoms with van der Waals surface area (Å²) in [6, 6.07) is 3.70. The molecule has 0 saturated heterocycles. The van der Waals surface area contributed by atoms with Crippen molar-refractivity contribution in [3.8, 4) is 5.75 Å². The first kappa shape index (κ1) is 21.1. The molecule has 1 saturated carbocycles. The fourth-order valence-corrected chi connectivity index (χ4v) is 2.73. The van der Waals surface area contributed by atoms with Crippen molar-refractivity contribution in [1.82, 2.24) is 10.6 Å². The molecule has 1 aromatic rings. The van der Waals surface area contributed by atoms with Crippen molar-refractivity contribution in [3.05, 3.63) is 29.3 Å². The second-order valence-corrected chi connectivity index (χ2v) is 7.82. The number of likely N-dealkylation sites (N-methyl/N-ethyl adjacent to an activating group) is 1. The molecule has 1 aromatic carbocycles. The summed E-state index contributed by atoms with van der Waals surface area (Å²) in [7, 11) is 1.47. The molecular formula is C19H25F3N2O3. The van der Waals surface area contributed by atoms with Gasteiger partial charge in [0.15, 0.2) is 6.61 Å². The van der Waals surface area contributed by atoms with Crippen molar-refractivity contribution in [1.29, 1.82) is 0 Å². The zero-order valence-electron chi connectivity index (χ0n) is 15.9. The normalized spacial score (nSPS) is 15.8. The number of carbonyl (C=O) groups excluding carboxylic acids is 2. The molecule has 27 heavy (non-hydrogen) atoms. The minimum Gasteiger partial charge on any atom is -0.484 e. The van der Waals surface area contributed by atoms with E-state index in [0.29, 0.717) is 5.56 Å². The summed E-state index contributed by atoms with van der Waals surface area (Å²) >= 11 is 0. The number of hydrogen-bond donors (Lipinski definition) is 2. The third-order valence-electron chi connectivity index (χ3n) is 4.33. The van der Waals surface area contributed by atoms with Gasteiger partial charge in [-0.25, -0.2) is 0 Å². The van der Waals surface area contributed by atoms with Crippen molar-refractivity contribution in [2.24, 2.45) is 5.41 Å². The van der Waals surface area contributed by atoms with E-state index in [2.05, 4.69) is 10.6 Å². The highest BCUT2D eigenvalue weighted by Gasteiger charge is 2.34. The lowest BCUT2D eigenvalue weighted by molar-refractivity contribution is -0.153. The van der Waals surface area contributed by atoms with E-state index in [0.717, 1.165) is 12.8 Å². The van der Waals surface area contributed by atoms with Crippen LogP contribution in [0.3, 0.4) is 0 Å². The van der Waals surface area contributed by atoms with Crippen LogP contribution in [0.25, 0.3) is 0 Å². The third kappa shape index (κ3) is 5.87. The number of alkyl halides is 3. The van der Waals surface area contributed by atoms with Crippen molar-refractivity contribution in [3.63, 3.8) is 0 Å². The first-order chi connectivity index (χ1) is 12.4. The van der Waals surface area contributed by atoms with E-state index in [-0.39, 0.29) is 23.1 Å². The molecule has 2 N–H and O–H groups in total. The number of amides is 2. The molecule has 0 spiro atoms. The lowest BCUT2D eigenvalue weighted by atomic mass is 9.86. The zero-order valence-corrected chi connectivity index (χ0v) is 15.9. The Balaban J connectivity index is 2.23. The Morgan fingerprint density at radius 2 is 1.85 bits per heavy atom. The highest BCUT2D eigenvalue weighted by Crippen LogP contribution is 2.44. The van der Waals surface area contributed by atoms with E-state index in [1.807, 2.05) is 0 Å². The van der Waals surface area contributed by atoms with Crippen molar-refractivity contribution in [2.45, 2.75) is 51.7 Å². The second kappa shape index (κ2) is 7.78. The second-order valence-electron chi connectivity index (χ2n) is 7.82. The van der Waals surface area contributed by atoms with Gasteiger partial charge in [-0.1, -0.05) is 26.8 Å². The molecule has 0 bridgehead atoms. The maximum Gasteiger partial charge on any atom is 0.422 e. The van der Waals surface area contributed by atoms with Crippen molar-refractivity contribution in [2.75, 3.05) is 13.7 Å². The van der Waals surface area contributed by atoms with Crippen molar-refractivity contribution < 1.29 is 27.5 Å². The summed E-state index contributed by atoms with van der Waals surface area (Å²) in [5, 5.41) is 5.16. The van der Waals surface area contributed by atoms with Gasteiger partial charge in [0.05, 0.1) is 0 Å². The van der Waals surface area contributed by atoms with Crippen LogP contribution in [0.2, 0.25) is 0 Å². The molecule has 2 amide bonds. The van der Waals surface area contributed by atoms with Gasteiger partial charge in [0.25, 0.3) is 5.91 Å². The van der Waals surface area contributed by atoms with Gasteiger partial charge < -0.3 is 15.4 Å². The fourth-order valence-electron chi connectivity index (χ4n) is 2.73. The summed E-state index contributed by atoms with van der Waals surface area (Å²) in [5.41, 5.74) is 0.281. The van der Waals surface area contributed by atoms with Gasteiger partial charge in [-0.3, -0.25) is 9.59 Å². The van der Waals surface area contributed by atoms with E-state index >= 15 is 0 Å². The van der Waals surface area contributed by atoms with Crippen LogP contribution < -0.4 is 15.4 Å². The van der Waals surface area contributed by atoms with Crippen LogP contribution in [0.15, 0.2) is 18.2 Å². The predicted octanol–water partition coefficient (Wildman–Crippen LogP) is 3.40. The Labute approximate surface area is 156 Å². The van der Waals surface area contributed by atoms with Gasteiger partial charge in [0, 0.05) is 12.6 Å². The lowest BCUT2D eigenvalue weighted by Gasteiger charge is -2.30. The summed E-state index contributed by atoms with van der Waals surface area (Å²) < 4.78 is 42.5. The molecule has 0 aliphatic heterocycles. The van der Waals surface area contributed by atoms with Crippen LogP contribution in [0.1, 0.15) is 55.5 Å². The van der Waals surface area contributed by atoms with Gasteiger partial charge in [0.1, 0.15) is 11.8 Å². The van der Waals surface area contributed by atoms with Crippen LogP contribution in [-0.2, 0) is 4.79 Å². The van der Waals surface area contributed by atoms with Gasteiger partial charge in [-0.05, 0) is 41.9 Å². The number of nitrogens with one attached hydrogen (secondary N) is 2. The van der Waals surface area contributed by atoms with Crippen LogP contribution in [0, 0.1) is 5.41 Å². The number of benzene rings is 1. The molecular weight excluding hydrogens is 361 g/mol. The van der Waals surface area contributed by atoms with E-state index < -0.39 is 30.1 Å². The molecule has 1 fully saturated rings. The predicted molar refractivity (Wildman–Crippen MR) is 94.7 cm³/mol. The minimum atomic E-state index is -4.46. The van der Waals surface area contributed by atoms with Gasteiger partial charge >= 0.3 is 6.18 Å². The summed E-state index contributed by atoms with van der Waals surface area (Å²) in [6.07, 6.45) is -2.69. The van der Waals surface area contributed by atoms with E-state index in [1.165, 1.54) is 13.1 Å². The number of halogens is 3. The maximum atomic E-state index is 12.6. The molecule has 1 aliphatic carbocycles. The van der Waals surface area contributed by atoms with Crippen LogP contribution in [0.5, 0.6) is 5.75 Å². The first-order valence-corrected chi connectivity index (χ1v) is 8.78. The standard InChI is InChI=1S/C19H25F3N2O3/c1-18(2,3)15(17(26)23-4)24-16(25)12-7-8-13(11-5-6-11)14(9-12)27-10-19(20,21)22/h7-9,11,15H,5-6,10H2,1-4H3,(H,23,26)(H,24,25). The SMILES string of the molecule is CNC(=O)C(NC(=O)c1ccc(C2CC2)c(OCC(F)(F)F)c1)C(C)(C)C. The maximum absolute atomic E-state index is 12.6. The third-order valence-corrected chi connectivity index (χ3v) is 4.33. The quantitative estimate of drug-likeness (QED) is 0.788. The summed E-state index contributed by atoms with van der Waals surface area (Å²) in [4.78, 5) is 24.7. The molecule has 1 aliphatic rings. The lowest BCUT2D eigenvalue weighted by Crippen LogP contribution is -2.52. The summed E-state index contributed by atoms with van der Waals surface area (Å²) in [6.45, 7) is 4.00. The number of ether oxygens (including phenoxy) is 1. The topological polar surface area (TPSA) is 67.4 Å². The molecule has 0 aromatic heterocycles. The average Bonchev–Trinajstić information content (AvgIpc) is 3.39. The Morgan fingerprint density at radius 1 is 1.22 bits per heavy atom. The molecule has 2 rings (SSSR count). The van der Waals surface area contributed by atoms with Crippen LogP contribution in [0.4, 0.5) is 13.2 Å². The molecule has 0 heterocycles. The Hall–Kier alpha value is -2.25. The molecule has 1 unspecified atom stereocenters. The van der Waals surface area contributed by atoms with Crippen LogP contribution >= 0.6 is 0 Å². The average molecular weight is 386 g/mol. The Kier molecular flexibility index (Phi) is 6.07. The highest BCUT2D eigenvalue weighted by molar-refractivity contribution is 5.98.